The highest BCUT2D eigenvalue weighted by Gasteiger charge is 2.16. The summed E-state index contributed by atoms with van der Waals surface area (Å²) in [7, 11) is 0. The molecule has 5 nitrogen and oxygen atoms in total. The van der Waals surface area contributed by atoms with Gasteiger partial charge in [-0.1, -0.05) is 6.07 Å². The van der Waals surface area contributed by atoms with Crippen molar-refractivity contribution in [3.8, 4) is 22.1 Å². The van der Waals surface area contributed by atoms with Gasteiger partial charge in [0.25, 0.3) is 0 Å². The summed E-state index contributed by atoms with van der Waals surface area (Å²) in [6.45, 7) is 1.84. The molecule has 0 saturated heterocycles. The summed E-state index contributed by atoms with van der Waals surface area (Å²) < 4.78 is 6.01. The fraction of sp³-hybridized carbons (Fsp3) is 0.0556. The maximum Gasteiger partial charge on any atom is 0.248 e. The molecule has 124 valence electrons. The first-order valence-electron chi connectivity index (χ1n) is 7.49. The van der Waals surface area contributed by atoms with Crippen molar-refractivity contribution in [3.05, 3.63) is 58.5 Å². The maximum atomic E-state index is 11.2. The van der Waals surface area contributed by atoms with Crippen molar-refractivity contribution in [1.82, 2.24) is 9.97 Å². The predicted octanol–water partition coefficient (Wildman–Crippen LogP) is 4.62. The predicted molar refractivity (Wildman–Crippen MR) is 100 cm³/mol. The number of amides is 1. The minimum atomic E-state index is -0.468. The number of primary amides is 1. The van der Waals surface area contributed by atoms with Gasteiger partial charge >= 0.3 is 0 Å². The standard InChI is InChI=1S/C18H13N3O2S2/c1-10-20-17(23-12-6-4-11(5-7-12)16(19)22)15-13(9-25-18(15)21-10)14-3-2-8-24-14/h2-9H,1H3,(H2,19,22). The van der Waals surface area contributed by atoms with E-state index in [2.05, 4.69) is 21.4 Å². The lowest BCUT2D eigenvalue weighted by Gasteiger charge is -2.08. The van der Waals surface area contributed by atoms with Crippen LogP contribution < -0.4 is 10.5 Å². The molecule has 3 aromatic heterocycles. The molecule has 0 fully saturated rings. The normalized spacial score (nSPS) is 10.9. The van der Waals surface area contributed by atoms with Crippen LogP contribution in [0, 0.1) is 6.92 Å². The van der Waals surface area contributed by atoms with E-state index < -0.39 is 5.91 Å². The molecule has 0 saturated carbocycles. The van der Waals surface area contributed by atoms with E-state index in [-0.39, 0.29) is 0 Å². The molecule has 0 aliphatic carbocycles. The zero-order chi connectivity index (χ0) is 17.4. The van der Waals surface area contributed by atoms with E-state index in [0.29, 0.717) is 23.0 Å². The molecule has 7 heteroatoms. The molecule has 0 bridgehead atoms. The van der Waals surface area contributed by atoms with E-state index in [4.69, 9.17) is 10.5 Å². The van der Waals surface area contributed by atoms with Crippen LogP contribution in [0.5, 0.6) is 11.6 Å². The van der Waals surface area contributed by atoms with Crippen molar-refractivity contribution in [2.75, 3.05) is 0 Å². The molecule has 0 radical (unpaired) electrons. The van der Waals surface area contributed by atoms with E-state index in [1.165, 1.54) is 0 Å². The Morgan fingerprint density at radius 1 is 1.12 bits per heavy atom. The van der Waals surface area contributed by atoms with Gasteiger partial charge in [-0.2, -0.15) is 4.98 Å². The number of aromatic nitrogens is 2. The summed E-state index contributed by atoms with van der Waals surface area (Å²) in [5.74, 6) is 1.28. The highest BCUT2D eigenvalue weighted by Crippen LogP contribution is 2.40. The fourth-order valence-electron chi connectivity index (χ4n) is 2.50. The molecule has 0 unspecified atom stereocenters. The number of thiophene rings is 2. The van der Waals surface area contributed by atoms with Crippen LogP contribution in [0.25, 0.3) is 20.7 Å². The maximum absolute atomic E-state index is 11.2. The molecule has 0 aliphatic rings. The van der Waals surface area contributed by atoms with Crippen molar-refractivity contribution in [2.24, 2.45) is 5.73 Å². The molecule has 0 aliphatic heterocycles. The number of nitrogens with zero attached hydrogens (tertiary/aromatic N) is 2. The monoisotopic (exact) mass is 367 g/mol. The number of carbonyl (C=O) groups is 1. The van der Waals surface area contributed by atoms with Gasteiger partial charge < -0.3 is 10.5 Å². The van der Waals surface area contributed by atoms with Gasteiger partial charge in [-0.05, 0) is 42.6 Å². The van der Waals surface area contributed by atoms with Crippen LogP contribution in [0.15, 0.2) is 47.2 Å². The van der Waals surface area contributed by atoms with E-state index in [9.17, 15) is 4.79 Å². The third-order valence-electron chi connectivity index (χ3n) is 3.65. The summed E-state index contributed by atoms with van der Waals surface area (Å²) in [5.41, 5.74) is 6.78. The minimum Gasteiger partial charge on any atom is -0.438 e. The largest absolute Gasteiger partial charge is 0.438 e. The fourth-order valence-corrected chi connectivity index (χ4v) is 4.30. The van der Waals surface area contributed by atoms with Crippen LogP contribution in [-0.2, 0) is 0 Å². The highest BCUT2D eigenvalue weighted by atomic mass is 32.1. The van der Waals surface area contributed by atoms with Crippen LogP contribution in [0.2, 0.25) is 0 Å². The Morgan fingerprint density at radius 3 is 2.60 bits per heavy atom. The van der Waals surface area contributed by atoms with Gasteiger partial charge in [-0.25, -0.2) is 4.98 Å². The first kappa shape index (κ1) is 15.7. The molecule has 25 heavy (non-hydrogen) atoms. The number of fused-ring (bicyclic) bond motifs is 1. The van der Waals surface area contributed by atoms with Crippen molar-refractivity contribution in [2.45, 2.75) is 6.92 Å². The topological polar surface area (TPSA) is 78.1 Å². The third-order valence-corrected chi connectivity index (χ3v) is 5.43. The summed E-state index contributed by atoms with van der Waals surface area (Å²) >= 11 is 3.24. The SMILES string of the molecule is Cc1nc(Oc2ccc(C(N)=O)cc2)c2c(-c3cccs3)csc2n1. The van der Waals surface area contributed by atoms with E-state index in [1.54, 1.807) is 46.9 Å². The number of aryl methyl sites for hydroxylation is 1. The van der Waals surface area contributed by atoms with Gasteiger partial charge in [0, 0.05) is 21.4 Å². The number of hydrogen-bond acceptors (Lipinski definition) is 6. The van der Waals surface area contributed by atoms with Gasteiger partial charge in [0.2, 0.25) is 11.8 Å². The average molecular weight is 367 g/mol. The molecular formula is C18H13N3O2S2. The molecule has 0 spiro atoms. The Hall–Kier alpha value is -2.77. The molecule has 2 N–H and O–H groups in total. The number of benzene rings is 1. The van der Waals surface area contributed by atoms with Gasteiger partial charge in [-0.3, -0.25) is 4.79 Å². The second-order valence-electron chi connectivity index (χ2n) is 5.37. The quantitative estimate of drug-likeness (QED) is 0.571. The van der Waals surface area contributed by atoms with Gasteiger partial charge in [0.1, 0.15) is 16.4 Å². The van der Waals surface area contributed by atoms with Crippen LogP contribution in [0.3, 0.4) is 0 Å². The number of ether oxygens (including phenoxy) is 1. The summed E-state index contributed by atoms with van der Waals surface area (Å²) in [6.07, 6.45) is 0. The molecule has 1 aromatic carbocycles. The number of rotatable bonds is 4. The lowest BCUT2D eigenvalue weighted by atomic mass is 10.2. The number of nitrogens with two attached hydrogens (primary N) is 1. The van der Waals surface area contributed by atoms with Gasteiger partial charge in [0.15, 0.2) is 0 Å². The lowest BCUT2D eigenvalue weighted by Crippen LogP contribution is -2.10. The molecule has 4 aromatic rings. The molecule has 4 rings (SSSR count). The van der Waals surface area contributed by atoms with Crippen LogP contribution in [0.4, 0.5) is 0 Å². The Labute approximate surface area is 151 Å². The minimum absolute atomic E-state index is 0.436. The van der Waals surface area contributed by atoms with Crippen LogP contribution in [0.1, 0.15) is 16.2 Å². The zero-order valence-corrected chi connectivity index (χ0v) is 14.9. The van der Waals surface area contributed by atoms with Crippen LogP contribution in [-0.4, -0.2) is 15.9 Å². The molecule has 1 amide bonds. The van der Waals surface area contributed by atoms with E-state index >= 15 is 0 Å². The smallest absolute Gasteiger partial charge is 0.248 e. The lowest BCUT2D eigenvalue weighted by molar-refractivity contribution is 0.100. The molecule has 0 atom stereocenters. The first-order chi connectivity index (χ1) is 12.1. The van der Waals surface area contributed by atoms with E-state index in [1.807, 2.05) is 18.4 Å². The van der Waals surface area contributed by atoms with Crippen molar-refractivity contribution < 1.29 is 9.53 Å². The van der Waals surface area contributed by atoms with Gasteiger partial charge in [0.05, 0.1) is 5.39 Å². The summed E-state index contributed by atoms with van der Waals surface area (Å²) in [4.78, 5) is 22.2. The Bertz CT molecular complexity index is 1050. The Kier molecular flexibility index (Phi) is 3.95. The Balaban J connectivity index is 1.80. The summed E-state index contributed by atoms with van der Waals surface area (Å²) in [6, 6.07) is 10.8. The van der Waals surface area contributed by atoms with E-state index in [0.717, 1.165) is 20.7 Å². The number of carbonyl (C=O) groups excluding carboxylic acids is 1. The van der Waals surface area contributed by atoms with Gasteiger partial charge in [-0.15, -0.1) is 22.7 Å². The average Bonchev–Trinajstić information content (AvgIpc) is 3.24. The highest BCUT2D eigenvalue weighted by molar-refractivity contribution is 7.18. The van der Waals surface area contributed by atoms with Crippen molar-refractivity contribution in [1.29, 1.82) is 0 Å². The zero-order valence-electron chi connectivity index (χ0n) is 13.2. The molecule has 3 heterocycles. The van der Waals surface area contributed by atoms with Crippen molar-refractivity contribution in [3.63, 3.8) is 0 Å². The second kappa shape index (κ2) is 6.27. The molecular weight excluding hydrogens is 354 g/mol. The Morgan fingerprint density at radius 2 is 1.92 bits per heavy atom. The van der Waals surface area contributed by atoms with Crippen LogP contribution >= 0.6 is 22.7 Å². The van der Waals surface area contributed by atoms with Crippen molar-refractivity contribution >= 4 is 38.8 Å². The third kappa shape index (κ3) is 2.99. The second-order valence-corrected chi connectivity index (χ2v) is 7.18. The summed E-state index contributed by atoms with van der Waals surface area (Å²) in [5, 5.41) is 5.02. The first-order valence-corrected chi connectivity index (χ1v) is 9.25. The number of hydrogen-bond donors (Lipinski definition) is 1.